The number of fused-ring (bicyclic) bond motifs is 1. The van der Waals surface area contributed by atoms with Crippen LogP contribution in [0.25, 0.3) is 10.2 Å². The van der Waals surface area contributed by atoms with Crippen LogP contribution in [0.15, 0.2) is 24.3 Å². The number of anilines is 1. The van der Waals surface area contributed by atoms with Crippen LogP contribution in [0.4, 0.5) is 5.13 Å². The largest absolute Gasteiger partial charge is 0.352 e. The number of benzene rings is 1. The normalized spacial score (nSPS) is 18.8. The van der Waals surface area contributed by atoms with Gasteiger partial charge >= 0.3 is 0 Å². The van der Waals surface area contributed by atoms with Crippen molar-refractivity contribution in [3.63, 3.8) is 0 Å². The van der Waals surface area contributed by atoms with Crippen molar-refractivity contribution in [1.29, 1.82) is 0 Å². The van der Waals surface area contributed by atoms with E-state index in [1.54, 1.807) is 0 Å². The molecule has 2 amide bonds. The lowest BCUT2D eigenvalue weighted by atomic mass is 10.3. The van der Waals surface area contributed by atoms with Crippen LogP contribution >= 0.6 is 11.3 Å². The Hall–Kier alpha value is -2.03. The molecule has 1 saturated carbocycles. The third-order valence-electron chi connectivity index (χ3n) is 4.68. The summed E-state index contributed by atoms with van der Waals surface area (Å²) in [7, 11) is 0. The van der Waals surface area contributed by atoms with Gasteiger partial charge in [0.05, 0.1) is 23.3 Å². The van der Waals surface area contributed by atoms with Gasteiger partial charge in [0.15, 0.2) is 5.13 Å². The molecule has 1 aliphatic heterocycles. The number of rotatable bonds is 6. The number of hydrogen-bond acceptors (Lipinski definition) is 6. The van der Waals surface area contributed by atoms with Crippen LogP contribution in [0.3, 0.4) is 0 Å². The molecule has 138 valence electrons. The predicted octanol–water partition coefficient (Wildman–Crippen LogP) is 1.13. The Labute approximate surface area is 156 Å². The maximum Gasteiger partial charge on any atom is 0.240 e. The summed E-state index contributed by atoms with van der Waals surface area (Å²) >= 11 is 1.49. The third kappa shape index (κ3) is 4.57. The zero-order valence-corrected chi connectivity index (χ0v) is 15.4. The molecular formula is C18H23N5O2S. The van der Waals surface area contributed by atoms with Gasteiger partial charge in [-0.05, 0) is 25.0 Å². The summed E-state index contributed by atoms with van der Waals surface area (Å²) < 4.78 is 1.07. The van der Waals surface area contributed by atoms with Gasteiger partial charge in [-0.2, -0.15) is 0 Å². The van der Waals surface area contributed by atoms with Crippen LogP contribution in [0.2, 0.25) is 0 Å². The summed E-state index contributed by atoms with van der Waals surface area (Å²) in [5.41, 5.74) is 0.908. The standard InChI is InChI=1S/C18H23N5O2S/c24-16(19-13-5-6-13)11-22-7-9-23(10-8-22)12-17(25)21-18-20-14-3-1-2-4-15(14)26-18/h1-4,13H,5-12H2,(H,19,24)(H,20,21,25). The minimum absolute atomic E-state index is 0.0380. The first-order valence-corrected chi connectivity index (χ1v) is 9.87. The van der Waals surface area contributed by atoms with E-state index in [4.69, 9.17) is 0 Å². The number of carbonyl (C=O) groups is 2. The highest BCUT2D eigenvalue weighted by Crippen LogP contribution is 2.25. The third-order valence-corrected chi connectivity index (χ3v) is 5.63. The van der Waals surface area contributed by atoms with Crippen molar-refractivity contribution in [1.82, 2.24) is 20.1 Å². The lowest BCUT2D eigenvalue weighted by molar-refractivity contribution is -0.123. The molecule has 2 heterocycles. The Morgan fingerprint density at radius 2 is 1.69 bits per heavy atom. The van der Waals surface area contributed by atoms with Crippen LogP contribution < -0.4 is 10.6 Å². The number of aromatic nitrogens is 1. The van der Waals surface area contributed by atoms with Crippen LogP contribution in [0.1, 0.15) is 12.8 Å². The van der Waals surface area contributed by atoms with Gasteiger partial charge in [-0.15, -0.1) is 0 Å². The van der Waals surface area contributed by atoms with Crippen molar-refractivity contribution < 1.29 is 9.59 Å². The second-order valence-corrected chi connectivity index (χ2v) is 7.96. The van der Waals surface area contributed by atoms with E-state index < -0.39 is 0 Å². The molecule has 2 fully saturated rings. The number of para-hydroxylation sites is 1. The van der Waals surface area contributed by atoms with Gasteiger partial charge in [0.25, 0.3) is 0 Å². The molecule has 7 nitrogen and oxygen atoms in total. The first-order chi connectivity index (χ1) is 12.7. The minimum atomic E-state index is -0.0380. The predicted molar refractivity (Wildman–Crippen MR) is 102 cm³/mol. The minimum Gasteiger partial charge on any atom is -0.352 e. The summed E-state index contributed by atoms with van der Waals surface area (Å²) in [5, 5.41) is 6.56. The Morgan fingerprint density at radius 3 is 2.35 bits per heavy atom. The molecule has 4 rings (SSSR count). The fourth-order valence-corrected chi connectivity index (χ4v) is 3.98. The lowest BCUT2D eigenvalue weighted by Crippen LogP contribution is -2.51. The smallest absolute Gasteiger partial charge is 0.240 e. The molecule has 0 unspecified atom stereocenters. The van der Waals surface area contributed by atoms with Crippen molar-refractivity contribution in [2.24, 2.45) is 0 Å². The SMILES string of the molecule is O=C(CN1CCN(CC(=O)NC2CC2)CC1)Nc1nc2ccccc2s1. The molecule has 0 radical (unpaired) electrons. The van der Waals surface area contributed by atoms with Crippen molar-refractivity contribution in [2.45, 2.75) is 18.9 Å². The number of amides is 2. The molecule has 0 spiro atoms. The Morgan fingerprint density at radius 1 is 1.04 bits per heavy atom. The van der Waals surface area contributed by atoms with Crippen molar-refractivity contribution in [2.75, 3.05) is 44.6 Å². The second-order valence-electron chi connectivity index (χ2n) is 6.93. The Balaban J connectivity index is 1.21. The van der Waals surface area contributed by atoms with Crippen LogP contribution in [0.5, 0.6) is 0 Å². The topological polar surface area (TPSA) is 77.6 Å². The lowest BCUT2D eigenvalue weighted by Gasteiger charge is -2.33. The molecule has 8 heteroatoms. The van der Waals surface area contributed by atoms with E-state index in [-0.39, 0.29) is 11.8 Å². The number of nitrogens with zero attached hydrogens (tertiary/aromatic N) is 3. The highest BCUT2D eigenvalue weighted by molar-refractivity contribution is 7.22. The van der Waals surface area contributed by atoms with Crippen molar-refractivity contribution in [3.8, 4) is 0 Å². The summed E-state index contributed by atoms with van der Waals surface area (Å²) in [5.74, 6) is 0.0820. The van der Waals surface area contributed by atoms with Crippen LogP contribution in [-0.2, 0) is 9.59 Å². The van der Waals surface area contributed by atoms with Crippen LogP contribution in [-0.4, -0.2) is 71.9 Å². The van der Waals surface area contributed by atoms with Crippen molar-refractivity contribution >= 4 is 38.5 Å². The van der Waals surface area contributed by atoms with Gasteiger partial charge in [0, 0.05) is 32.2 Å². The highest BCUT2D eigenvalue weighted by atomic mass is 32.1. The summed E-state index contributed by atoms with van der Waals surface area (Å²) in [4.78, 5) is 32.9. The van der Waals surface area contributed by atoms with Gasteiger partial charge in [-0.25, -0.2) is 4.98 Å². The Bertz CT molecular complexity index is 763. The number of carbonyl (C=O) groups excluding carboxylic acids is 2. The fourth-order valence-electron chi connectivity index (χ4n) is 3.10. The van der Waals surface area contributed by atoms with Crippen molar-refractivity contribution in [3.05, 3.63) is 24.3 Å². The molecule has 1 aromatic carbocycles. The maximum atomic E-state index is 12.3. The van der Waals surface area contributed by atoms with E-state index in [0.717, 1.165) is 49.2 Å². The Kier molecular flexibility index (Phi) is 5.14. The van der Waals surface area contributed by atoms with E-state index in [2.05, 4.69) is 25.4 Å². The molecule has 0 bridgehead atoms. The number of thiazole rings is 1. The first kappa shape index (κ1) is 17.4. The maximum absolute atomic E-state index is 12.3. The first-order valence-electron chi connectivity index (χ1n) is 9.05. The molecule has 0 atom stereocenters. The van der Waals surface area contributed by atoms with E-state index in [1.807, 2.05) is 24.3 Å². The molecule has 1 aromatic heterocycles. The van der Waals surface area contributed by atoms with E-state index in [9.17, 15) is 9.59 Å². The van der Waals surface area contributed by atoms with Gasteiger partial charge in [0.1, 0.15) is 0 Å². The number of piperazine rings is 1. The molecule has 2 aliphatic rings. The summed E-state index contributed by atoms with van der Waals surface area (Å²) in [6, 6.07) is 8.27. The van der Waals surface area contributed by atoms with Gasteiger partial charge in [-0.1, -0.05) is 23.5 Å². The quantitative estimate of drug-likeness (QED) is 0.794. The zero-order valence-electron chi connectivity index (χ0n) is 14.6. The molecule has 26 heavy (non-hydrogen) atoms. The second kappa shape index (κ2) is 7.69. The molecule has 1 saturated heterocycles. The monoisotopic (exact) mass is 373 g/mol. The van der Waals surface area contributed by atoms with Gasteiger partial charge < -0.3 is 10.6 Å². The number of hydrogen-bond donors (Lipinski definition) is 2. The molecular weight excluding hydrogens is 350 g/mol. The summed E-state index contributed by atoms with van der Waals surface area (Å²) in [6.07, 6.45) is 2.23. The van der Waals surface area contributed by atoms with Crippen LogP contribution in [0, 0.1) is 0 Å². The fraction of sp³-hybridized carbons (Fsp3) is 0.500. The summed E-state index contributed by atoms with van der Waals surface area (Å²) in [6.45, 7) is 4.03. The van der Waals surface area contributed by atoms with Gasteiger partial charge in [0.2, 0.25) is 11.8 Å². The number of nitrogens with one attached hydrogen (secondary N) is 2. The van der Waals surface area contributed by atoms with E-state index in [1.165, 1.54) is 11.3 Å². The molecule has 2 N–H and O–H groups in total. The van der Waals surface area contributed by atoms with E-state index >= 15 is 0 Å². The molecule has 2 aromatic rings. The average molecular weight is 373 g/mol. The average Bonchev–Trinajstić information content (AvgIpc) is 3.32. The highest BCUT2D eigenvalue weighted by Gasteiger charge is 2.25. The molecule has 1 aliphatic carbocycles. The van der Waals surface area contributed by atoms with Gasteiger partial charge in [-0.3, -0.25) is 19.4 Å². The van der Waals surface area contributed by atoms with E-state index in [0.29, 0.717) is 24.3 Å². The zero-order chi connectivity index (χ0) is 17.9.